The van der Waals surface area contributed by atoms with E-state index in [-0.39, 0.29) is 41.8 Å². The van der Waals surface area contributed by atoms with Gasteiger partial charge in [0.05, 0.1) is 21.5 Å². The molecule has 40 heavy (non-hydrogen) atoms. The number of aliphatic hydroxyl groups excluding tert-OH is 1. The van der Waals surface area contributed by atoms with Gasteiger partial charge in [-0.2, -0.15) is 18.3 Å². The highest BCUT2D eigenvalue weighted by molar-refractivity contribution is 7.88. The number of aromatic amines is 1. The van der Waals surface area contributed by atoms with Crippen molar-refractivity contribution in [2.75, 3.05) is 49.2 Å². The van der Waals surface area contributed by atoms with Crippen LogP contribution in [0.5, 0.6) is 0 Å². The van der Waals surface area contributed by atoms with Gasteiger partial charge < -0.3 is 15.7 Å². The fraction of sp³-hybridized carbons (Fsp3) is 0.542. The number of sulfonamides is 1. The molecule has 2 aliphatic heterocycles. The second-order valence-electron chi connectivity index (χ2n) is 10.4. The van der Waals surface area contributed by atoms with Crippen molar-refractivity contribution in [2.24, 2.45) is 0 Å². The molecule has 218 valence electrons. The van der Waals surface area contributed by atoms with E-state index in [4.69, 9.17) is 0 Å². The summed E-state index contributed by atoms with van der Waals surface area (Å²) in [6, 6.07) is 8.02. The Labute approximate surface area is 232 Å². The van der Waals surface area contributed by atoms with Gasteiger partial charge in [0, 0.05) is 44.9 Å². The number of aliphatic hydroxyl groups is 1. The molecule has 1 saturated heterocycles. The van der Waals surface area contributed by atoms with E-state index in [1.807, 2.05) is 12.1 Å². The lowest BCUT2D eigenvalue weighted by Crippen LogP contribution is -2.42. The summed E-state index contributed by atoms with van der Waals surface area (Å²) in [5.74, 6) is -1.15. The van der Waals surface area contributed by atoms with Crippen molar-refractivity contribution in [3.63, 3.8) is 0 Å². The summed E-state index contributed by atoms with van der Waals surface area (Å²) in [7, 11) is -4.37. The molecule has 0 aliphatic carbocycles. The molecule has 11 nitrogen and oxygen atoms in total. The number of nitrogens with zero attached hydrogens (tertiary/aromatic N) is 5. The maximum atomic E-state index is 13.7. The lowest BCUT2D eigenvalue weighted by molar-refractivity contribution is -0.144. The second kappa shape index (κ2) is 11.6. The predicted octanol–water partition coefficient (Wildman–Crippen LogP) is 1.12. The molecule has 0 unspecified atom stereocenters. The number of aromatic nitrogens is 4. The molecule has 0 saturated carbocycles. The van der Waals surface area contributed by atoms with E-state index < -0.39 is 37.3 Å². The first-order chi connectivity index (χ1) is 19.0. The zero-order chi connectivity index (χ0) is 28.5. The van der Waals surface area contributed by atoms with Crippen LogP contribution in [-0.4, -0.2) is 103 Å². The van der Waals surface area contributed by atoms with E-state index in [0.717, 1.165) is 25.8 Å². The second-order valence-corrected chi connectivity index (χ2v) is 14.4. The number of hydrogen-bond donors (Lipinski definition) is 4. The maximum Gasteiger partial charge on any atom is 0.451 e. The monoisotopic (exact) mass is 598 g/mol. The normalized spacial score (nSPS) is 18.8. The van der Waals surface area contributed by atoms with Gasteiger partial charge in [0.15, 0.2) is 11.6 Å². The number of benzene rings is 1. The largest absolute Gasteiger partial charge is 0.451 e. The Bertz CT molecular complexity index is 1450. The fourth-order valence-corrected chi connectivity index (χ4v) is 7.38. The molecule has 0 bridgehead atoms. The Morgan fingerprint density at radius 1 is 1.15 bits per heavy atom. The van der Waals surface area contributed by atoms with E-state index in [9.17, 15) is 26.7 Å². The van der Waals surface area contributed by atoms with Gasteiger partial charge in [-0.1, -0.05) is 24.3 Å². The number of H-pyrrole nitrogens is 1. The minimum absolute atomic E-state index is 0.00882. The van der Waals surface area contributed by atoms with E-state index >= 15 is 0 Å². The number of anilines is 2. The van der Waals surface area contributed by atoms with Gasteiger partial charge >= 0.3 is 6.18 Å². The topological polar surface area (TPSA) is 139 Å². The van der Waals surface area contributed by atoms with Crippen LogP contribution in [0.2, 0.25) is 0 Å². The van der Waals surface area contributed by atoms with Crippen molar-refractivity contribution in [1.29, 1.82) is 0 Å². The third-order valence-corrected chi connectivity index (χ3v) is 10.1. The molecular formula is C24H33F3N8O3SSi. The Morgan fingerprint density at radius 3 is 2.58 bits per heavy atom. The molecule has 4 N–H and O–H groups in total. The summed E-state index contributed by atoms with van der Waals surface area (Å²) >= 11 is 0. The fourth-order valence-electron chi connectivity index (χ4n) is 5.24. The van der Waals surface area contributed by atoms with Crippen molar-refractivity contribution in [1.82, 2.24) is 29.4 Å². The maximum absolute atomic E-state index is 13.7. The zero-order valence-electron chi connectivity index (χ0n) is 22.1. The molecule has 5 rings (SSSR count). The molecule has 1 fully saturated rings. The SMILES string of the molecule is CS(=O)(=O)N1CCC(Nc2nc(C(F)(F)F)nc3c(NC[SiH2][C@H](O)CN4CCc5ccccc5C4)n[nH]c23)CC1. The first-order valence-electron chi connectivity index (χ1n) is 13.2. The number of hydrogen-bond acceptors (Lipinski definition) is 9. The first kappa shape index (κ1) is 28.7. The summed E-state index contributed by atoms with van der Waals surface area (Å²) in [4.78, 5) is 9.69. The smallest absolute Gasteiger partial charge is 0.396 e. The van der Waals surface area contributed by atoms with Crippen LogP contribution in [0, 0.1) is 0 Å². The highest BCUT2D eigenvalue weighted by Gasteiger charge is 2.37. The van der Waals surface area contributed by atoms with Crippen LogP contribution in [0.15, 0.2) is 24.3 Å². The van der Waals surface area contributed by atoms with Crippen molar-refractivity contribution in [3.05, 3.63) is 41.2 Å². The number of halogens is 3. The highest BCUT2D eigenvalue weighted by atomic mass is 32.2. The number of fused-ring (bicyclic) bond motifs is 2. The van der Waals surface area contributed by atoms with E-state index in [0.29, 0.717) is 25.6 Å². The molecule has 4 heterocycles. The molecule has 0 spiro atoms. The van der Waals surface area contributed by atoms with Gasteiger partial charge in [-0.05, 0) is 30.4 Å². The molecule has 2 aromatic heterocycles. The third-order valence-electron chi connectivity index (χ3n) is 7.38. The van der Waals surface area contributed by atoms with Gasteiger partial charge in [-0.3, -0.25) is 10.00 Å². The summed E-state index contributed by atoms with van der Waals surface area (Å²) in [6.45, 7) is 2.75. The molecule has 16 heteroatoms. The standard InChI is InChI=1S/C24H33F3N8O3SSi/c1-39(37,38)35-10-7-17(8-11-35)29-22-20-19(30-23(31-22)24(25,26)27)21(33-32-20)28-14-40-18(36)13-34-9-6-15-4-2-3-5-16(15)12-34/h2-5,17-18,36H,6-14,40H2,1H3,(H2,28,32,33)(H,29,30,31)/t18-/m0/s1. The van der Waals surface area contributed by atoms with Crippen molar-refractivity contribution in [2.45, 2.75) is 43.8 Å². The van der Waals surface area contributed by atoms with Crippen molar-refractivity contribution < 1.29 is 26.7 Å². The Balaban J connectivity index is 1.23. The minimum Gasteiger partial charge on any atom is -0.396 e. The lowest BCUT2D eigenvalue weighted by atomic mass is 10.0. The molecule has 0 radical (unpaired) electrons. The molecular weight excluding hydrogens is 565 g/mol. The van der Waals surface area contributed by atoms with Crippen LogP contribution >= 0.6 is 0 Å². The lowest BCUT2D eigenvalue weighted by Gasteiger charge is -2.31. The zero-order valence-corrected chi connectivity index (χ0v) is 24.3. The quantitative estimate of drug-likeness (QED) is 0.267. The number of alkyl halides is 3. The minimum atomic E-state index is -4.77. The van der Waals surface area contributed by atoms with Gasteiger partial charge in [-0.15, -0.1) is 0 Å². The highest BCUT2D eigenvalue weighted by Crippen LogP contribution is 2.32. The van der Waals surface area contributed by atoms with Gasteiger partial charge in [-0.25, -0.2) is 22.7 Å². The number of nitrogens with one attached hydrogen (secondary N) is 3. The molecule has 1 aromatic carbocycles. The van der Waals surface area contributed by atoms with Crippen LogP contribution in [0.4, 0.5) is 24.8 Å². The molecule has 2 aliphatic rings. The molecule has 1 atom stereocenters. The molecule has 3 aromatic rings. The average molecular weight is 599 g/mol. The van der Waals surface area contributed by atoms with Crippen molar-refractivity contribution in [3.8, 4) is 0 Å². The van der Waals surface area contributed by atoms with Gasteiger partial charge in [0.2, 0.25) is 15.8 Å². The van der Waals surface area contributed by atoms with E-state index in [1.54, 1.807) is 0 Å². The predicted molar refractivity (Wildman–Crippen MR) is 148 cm³/mol. The van der Waals surface area contributed by atoms with E-state index in [2.05, 4.69) is 47.8 Å². The van der Waals surface area contributed by atoms with Crippen LogP contribution in [-0.2, 0) is 29.2 Å². The summed E-state index contributed by atoms with van der Waals surface area (Å²) in [5.41, 5.74) is 2.36. The Morgan fingerprint density at radius 2 is 1.88 bits per heavy atom. The first-order valence-corrected chi connectivity index (χ1v) is 16.9. The van der Waals surface area contributed by atoms with Crippen LogP contribution < -0.4 is 10.6 Å². The van der Waals surface area contributed by atoms with Crippen molar-refractivity contribution >= 4 is 42.2 Å². The Hall–Kier alpha value is -2.79. The average Bonchev–Trinajstić information content (AvgIpc) is 3.31. The van der Waals surface area contributed by atoms with E-state index in [1.165, 1.54) is 15.4 Å². The summed E-state index contributed by atoms with van der Waals surface area (Å²) < 4.78 is 65.9. The van der Waals surface area contributed by atoms with Crippen LogP contribution in [0.25, 0.3) is 11.0 Å². The Kier molecular flexibility index (Phi) is 8.33. The van der Waals surface area contributed by atoms with Crippen LogP contribution in [0.3, 0.4) is 0 Å². The number of β-amino-alcohol motifs (C(OH)–C–C–N with tert-alkyl or cyclic N) is 1. The van der Waals surface area contributed by atoms with Gasteiger partial charge in [0.1, 0.15) is 11.0 Å². The number of piperidine rings is 1. The van der Waals surface area contributed by atoms with Gasteiger partial charge in [0.25, 0.3) is 0 Å². The summed E-state index contributed by atoms with van der Waals surface area (Å²) in [5, 5.41) is 23.7. The van der Waals surface area contributed by atoms with Crippen LogP contribution in [0.1, 0.15) is 29.8 Å². The summed E-state index contributed by atoms with van der Waals surface area (Å²) in [6.07, 6.45) is -1.43. The third kappa shape index (κ3) is 6.74. The molecule has 0 amide bonds. The number of rotatable bonds is 9.